The number of anilines is 1. The first kappa shape index (κ1) is 21.7. The van der Waals surface area contributed by atoms with Gasteiger partial charge in [-0.15, -0.1) is 0 Å². The summed E-state index contributed by atoms with van der Waals surface area (Å²) >= 11 is 0. The van der Waals surface area contributed by atoms with Crippen LogP contribution in [0.4, 0.5) is 10.5 Å². The van der Waals surface area contributed by atoms with Gasteiger partial charge in [-0.2, -0.15) is 0 Å². The number of carboxylic acids is 1. The second-order valence-electron chi connectivity index (χ2n) is 7.65. The summed E-state index contributed by atoms with van der Waals surface area (Å²) in [7, 11) is 1.62. The van der Waals surface area contributed by atoms with Crippen molar-refractivity contribution in [2.24, 2.45) is 0 Å². The van der Waals surface area contributed by atoms with E-state index in [1.54, 1.807) is 24.1 Å². The molecule has 1 fully saturated rings. The summed E-state index contributed by atoms with van der Waals surface area (Å²) in [5.41, 5.74) is 2.58. The van der Waals surface area contributed by atoms with Gasteiger partial charge in [0.15, 0.2) is 0 Å². The van der Waals surface area contributed by atoms with Crippen LogP contribution in [0.3, 0.4) is 0 Å². The van der Waals surface area contributed by atoms with Crippen molar-refractivity contribution < 1.29 is 19.4 Å². The van der Waals surface area contributed by atoms with Gasteiger partial charge in [0.05, 0.1) is 6.10 Å². The monoisotopic (exact) mass is 410 g/mol. The molecule has 0 saturated heterocycles. The van der Waals surface area contributed by atoms with E-state index in [1.165, 1.54) is 0 Å². The highest BCUT2D eigenvalue weighted by Gasteiger charge is 2.21. The zero-order chi connectivity index (χ0) is 21.5. The van der Waals surface area contributed by atoms with Crippen molar-refractivity contribution in [2.75, 3.05) is 18.5 Å². The van der Waals surface area contributed by atoms with Crippen LogP contribution in [-0.4, -0.2) is 36.8 Å². The van der Waals surface area contributed by atoms with Crippen molar-refractivity contribution in [3.05, 3.63) is 48.0 Å². The van der Waals surface area contributed by atoms with Crippen molar-refractivity contribution in [3.63, 3.8) is 0 Å². The highest BCUT2D eigenvalue weighted by molar-refractivity contribution is 5.94. The first-order valence-corrected chi connectivity index (χ1v) is 10.7. The third kappa shape index (κ3) is 5.12. The molecule has 0 aliphatic heterocycles. The molecule has 1 aliphatic rings. The number of rotatable bonds is 8. The van der Waals surface area contributed by atoms with E-state index in [0.717, 1.165) is 55.3 Å². The Morgan fingerprint density at radius 1 is 1.13 bits per heavy atom. The Hall–Kier alpha value is -3.02. The van der Waals surface area contributed by atoms with Crippen LogP contribution in [0.15, 0.2) is 42.5 Å². The lowest BCUT2D eigenvalue weighted by atomic mass is 10.0. The van der Waals surface area contributed by atoms with Gasteiger partial charge in [0.1, 0.15) is 11.3 Å². The Morgan fingerprint density at radius 2 is 1.87 bits per heavy atom. The Bertz CT molecular complexity index is 891. The standard InChI is InChI=1S/C24H30N2O4/c1-3-4-14-26(24(29)25-2)19-9-7-8-17(15-19)18-12-13-22(21(16-18)23(27)28)30-20-10-5-6-11-20/h7-9,12-13,15-16,20H,3-6,10-11,14H2,1-2H3,(H,25,29)(H,27,28). The summed E-state index contributed by atoms with van der Waals surface area (Å²) in [6.07, 6.45) is 6.16. The highest BCUT2D eigenvalue weighted by atomic mass is 16.5. The Balaban J connectivity index is 1.91. The molecule has 6 heteroatoms. The van der Waals surface area contributed by atoms with Gasteiger partial charge in [-0.05, 0) is 67.5 Å². The number of nitrogens with one attached hydrogen (secondary N) is 1. The quantitative estimate of drug-likeness (QED) is 0.617. The van der Waals surface area contributed by atoms with Gasteiger partial charge in [0, 0.05) is 19.3 Å². The maximum absolute atomic E-state index is 12.3. The van der Waals surface area contributed by atoms with Gasteiger partial charge < -0.3 is 15.2 Å². The molecule has 30 heavy (non-hydrogen) atoms. The van der Waals surface area contributed by atoms with E-state index >= 15 is 0 Å². The van der Waals surface area contributed by atoms with Crippen LogP contribution >= 0.6 is 0 Å². The molecule has 2 amide bonds. The van der Waals surface area contributed by atoms with E-state index in [4.69, 9.17) is 4.74 Å². The zero-order valence-corrected chi connectivity index (χ0v) is 17.7. The minimum atomic E-state index is -1.00. The summed E-state index contributed by atoms with van der Waals surface area (Å²) in [6.45, 7) is 2.70. The summed E-state index contributed by atoms with van der Waals surface area (Å²) in [6, 6.07) is 12.7. The minimum absolute atomic E-state index is 0.0944. The lowest BCUT2D eigenvalue weighted by Crippen LogP contribution is -2.38. The number of carbonyl (C=O) groups excluding carboxylic acids is 1. The van der Waals surface area contributed by atoms with Crippen LogP contribution in [-0.2, 0) is 0 Å². The fraction of sp³-hybridized carbons (Fsp3) is 0.417. The topological polar surface area (TPSA) is 78.9 Å². The molecule has 0 atom stereocenters. The summed E-state index contributed by atoms with van der Waals surface area (Å²) in [5.74, 6) is -0.583. The van der Waals surface area contributed by atoms with Gasteiger partial charge in [0.2, 0.25) is 0 Å². The van der Waals surface area contributed by atoms with Crippen LogP contribution in [0.25, 0.3) is 11.1 Å². The van der Waals surface area contributed by atoms with E-state index in [2.05, 4.69) is 12.2 Å². The average molecular weight is 411 g/mol. The lowest BCUT2D eigenvalue weighted by molar-refractivity contribution is 0.0689. The molecule has 0 radical (unpaired) electrons. The fourth-order valence-electron chi connectivity index (χ4n) is 3.82. The van der Waals surface area contributed by atoms with E-state index in [0.29, 0.717) is 12.3 Å². The van der Waals surface area contributed by atoms with Crippen LogP contribution in [0, 0.1) is 0 Å². The van der Waals surface area contributed by atoms with Crippen molar-refractivity contribution in [2.45, 2.75) is 51.6 Å². The number of unbranched alkanes of at least 4 members (excludes halogenated alkanes) is 1. The Kier molecular flexibility index (Phi) is 7.33. The maximum Gasteiger partial charge on any atom is 0.339 e. The zero-order valence-electron chi connectivity index (χ0n) is 17.7. The van der Waals surface area contributed by atoms with E-state index in [1.807, 2.05) is 30.3 Å². The fourth-order valence-corrected chi connectivity index (χ4v) is 3.82. The van der Waals surface area contributed by atoms with Gasteiger partial charge in [-0.25, -0.2) is 9.59 Å². The second-order valence-corrected chi connectivity index (χ2v) is 7.65. The van der Waals surface area contributed by atoms with Crippen LogP contribution in [0.1, 0.15) is 55.8 Å². The number of hydrogen-bond donors (Lipinski definition) is 2. The molecule has 0 heterocycles. The van der Waals surface area contributed by atoms with Gasteiger partial charge in [-0.3, -0.25) is 4.90 Å². The molecule has 2 aromatic carbocycles. The average Bonchev–Trinajstić information content (AvgIpc) is 3.27. The maximum atomic E-state index is 12.3. The van der Waals surface area contributed by atoms with E-state index in [-0.39, 0.29) is 17.7 Å². The van der Waals surface area contributed by atoms with Gasteiger partial charge in [-0.1, -0.05) is 31.5 Å². The molecule has 2 aromatic rings. The van der Waals surface area contributed by atoms with Crippen LogP contribution in [0.2, 0.25) is 0 Å². The van der Waals surface area contributed by atoms with Crippen molar-refractivity contribution in [1.29, 1.82) is 0 Å². The van der Waals surface area contributed by atoms with Crippen molar-refractivity contribution in [3.8, 4) is 16.9 Å². The van der Waals surface area contributed by atoms with E-state index < -0.39 is 5.97 Å². The smallest absolute Gasteiger partial charge is 0.339 e. The highest BCUT2D eigenvalue weighted by Crippen LogP contribution is 2.32. The molecule has 0 spiro atoms. The van der Waals surface area contributed by atoms with Gasteiger partial charge >= 0.3 is 12.0 Å². The Morgan fingerprint density at radius 3 is 2.53 bits per heavy atom. The predicted octanol–water partition coefficient (Wildman–Crippen LogP) is 5.32. The molecule has 0 unspecified atom stereocenters. The summed E-state index contributed by atoms with van der Waals surface area (Å²) in [4.78, 5) is 25.9. The normalized spacial score (nSPS) is 13.8. The number of carbonyl (C=O) groups is 2. The molecule has 1 aliphatic carbocycles. The number of nitrogens with zero attached hydrogens (tertiary/aromatic N) is 1. The lowest BCUT2D eigenvalue weighted by Gasteiger charge is -2.23. The number of hydrogen-bond acceptors (Lipinski definition) is 3. The number of benzene rings is 2. The number of aromatic carboxylic acids is 1. The number of ether oxygens (including phenoxy) is 1. The second kappa shape index (κ2) is 10.1. The number of carboxylic acid groups (broad SMARTS) is 1. The molecule has 160 valence electrons. The minimum Gasteiger partial charge on any atom is -0.490 e. The van der Waals surface area contributed by atoms with Crippen LogP contribution in [0.5, 0.6) is 5.75 Å². The molecule has 0 aromatic heterocycles. The third-order valence-electron chi connectivity index (χ3n) is 5.49. The molecular formula is C24H30N2O4. The molecule has 6 nitrogen and oxygen atoms in total. The first-order chi connectivity index (χ1) is 14.5. The molecule has 2 N–H and O–H groups in total. The summed E-state index contributed by atoms with van der Waals surface area (Å²) in [5, 5.41) is 12.4. The SMILES string of the molecule is CCCCN(C(=O)NC)c1cccc(-c2ccc(OC3CCCC3)c(C(=O)O)c2)c1. The van der Waals surface area contributed by atoms with Crippen molar-refractivity contribution >= 4 is 17.7 Å². The first-order valence-electron chi connectivity index (χ1n) is 10.7. The third-order valence-corrected chi connectivity index (χ3v) is 5.49. The molecular weight excluding hydrogens is 380 g/mol. The molecule has 1 saturated carbocycles. The molecule has 3 rings (SSSR count). The predicted molar refractivity (Wildman–Crippen MR) is 118 cm³/mol. The number of amides is 2. The largest absolute Gasteiger partial charge is 0.490 e. The molecule has 0 bridgehead atoms. The number of urea groups is 1. The van der Waals surface area contributed by atoms with Crippen LogP contribution < -0.4 is 15.0 Å². The van der Waals surface area contributed by atoms with Crippen molar-refractivity contribution in [1.82, 2.24) is 5.32 Å². The van der Waals surface area contributed by atoms with E-state index in [9.17, 15) is 14.7 Å². The van der Waals surface area contributed by atoms with Gasteiger partial charge in [0.25, 0.3) is 0 Å². The summed E-state index contributed by atoms with van der Waals surface area (Å²) < 4.78 is 5.97. The Labute approximate surface area is 177 Å².